The summed E-state index contributed by atoms with van der Waals surface area (Å²) in [6, 6.07) is 0. The number of hydrogen-bond donors (Lipinski definition) is 4. The number of allylic oxidation sites excluding steroid dienone is 12. The van der Waals surface area contributed by atoms with Gasteiger partial charge in [0.25, 0.3) is 0 Å². The molecule has 0 amide bonds. The molecular weight excluding hydrogens is 588 g/mol. The number of unbranched alkanes of at least 4 members (excludes halogenated alkanes) is 3. The predicted octanol–water partition coefficient (Wildman–Crippen LogP) is 5.79. The summed E-state index contributed by atoms with van der Waals surface area (Å²) in [6.45, 7) is 4.06. The Hall–Kier alpha value is -2.37. The maximum atomic E-state index is 12.3. The third-order valence-corrected chi connectivity index (χ3v) is 7.14. The minimum Gasteiger partial charge on any atom is -0.457 e. The van der Waals surface area contributed by atoms with Crippen LogP contribution in [0.4, 0.5) is 0 Å². The highest BCUT2D eigenvalue weighted by atomic mass is 16.7. The van der Waals surface area contributed by atoms with E-state index in [2.05, 4.69) is 86.8 Å². The molecule has 6 unspecified atom stereocenters. The molecule has 0 spiro atoms. The Morgan fingerprint density at radius 2 is 1.28 bits per heavy atom. The van der Waals surface area contributed by atoms with Crippen LogP contribution < -0.4 is 0 Å². The second kappa shape index (κ2) is 28.8. The largest absolute Gasteiger partial charge is 0.457 e. The Kier molecular flexibility index (Phi) is 26.1. The molecule has 1 fully saturated rings. The molecule has 0 aromatic rings. The summed E-state index contributed by atoms with van der Waals surface area (Å²) in [5.74, 6) is -0.363. The highest BCUT2D eigenvalue weighted by Gasteiger charge is 2.44. The van der Waals surface area contributed by atoms with Crippen LogP contribution >= 0.6 is 0 Å². The van der Waals surface area contributed by atoms with Gasteiger partial charge in [0, 0.05) is 13.0 Å². The van der Waals surface area contributed by atoms with Crippen molar-refractivity contribution in [1.29, 1.82) is 0 Å². The van der Waals surface area contributed by atoms with Crippen molar-refractivity contribution in [3.63, 3.8) is 0 Å². The first-order valence-electron chi connectivity index (χ1n) is 17.0. The molecule has 6 atom stereocenters. The molecule has 0 aromatic carbocycles. The zero-order chi connectivity index (χ0) is 33.7. The Morgan fingerprint density at radius 3 is 1.83 bits per heavy atom. The van der Waals surface area contributed by atoms with Crippen LogP contribution in [-0.2, 0) is 23.7 Å². The number of aliphatic hydroxyl groups is 4. The smallest absolute Gasteiger partial charge is 0.306 e. The maximum Gasteiger partial charge on any atom is 0.306 e. The van der Waals surface area contributed by atoms with Gasteiger partial charge in [-0.25, -0.2) is 0 Å². The van der Waals surface area contributed by atoms with Gasteiger partial charge in [0.2, 0.25) is 0 Å². The Bertz CT molecular complexity index is 922. The van der Waals surface area contributed by atoms with Gasteiger partial charge in [-0.2, -0.15) is 0 Å². The average molecular weight is 649 g/mol. The van der Waals surface area contributed by atoms with Gasteiger partial charge in [-0.1, -0.05) is 99.6 Å². The van der Waals surface area contributed by atoms with Gasteiger partial charge in [-0.05, 0) is 57.8 Å². The zero-order valence-electron chi connectivity index (χ0n) is 28.0. The summed E-state index contributed by atoms with van der Waals surface area (Å²) in [7, 11) is 0. The number of esters is 1. The highest BCUT2D eigenvalue weighted by molar-refractivity contribution is 5.69. The van der Waals surface area contributed by atoms with Crippen molar-refractivity contribution in [2.75, 3.05) is 26.4 Å². The number of ether oxygens (including phenoxy) is 4. The molecular formula is C37H60O9. The third-order valence-electron chi connectivity index (χ3n) is 7.14. The molecule has 0 aromatic heterocycles. The molecule has 9 nitrogen and oxygen atoms in total. The van der Waals surface area contributed by atoms with Gasteiger partial charge in [0.15, 0.2) is 6.29 Å². The topological polar surface area (TPSA) is 135 Å². The number of aliphatic hydroxyl groups excluding tert-OH is 4. The summed E-state index contributed by atoms with van der Waals surface area (Å²) in [4.78, 5) is 12.3. The molecule has 9 heteroatoms. The fourth-order valence-electron chi connectivity index (χ4n) is 4.45. The molecule has 0 radical (unpaired) electrons. The van der Waals surface area contributed by atoms with Crippen molar-refractivity contribution >= 4 is 5.97 Å². The quantitative estimate of drug-likeness (QED) is 0.0522. The van der Waals surface area contributed by atoms with Gasteiger partial charge < -0.3 is 39.4 Å². The van der Waals surface area contributed by atoms with Crippen molar-refractivity contribution in [3.05, 3.63) is 72.9 Å². The van der Waals surface area contributed by atoms with Crippen molar-refractivity contribution in [1.82, 2.24) is 0 Å². The monoisotopic (exact) mass is 648 g/mol. The lowest BCUT2D eigenvalue weighted by Crippen LogP contribution is -2.59. The van der Waals surface area contributed by atoms with E-state index in [-0.39, 0.29) is 25.6 Å². The number of rotatable bonds is 26. The van der Waals surface area contributed by atoms with Crippen molar-refractivity contribution in [2.45, 2.75) is 128 Å². The van der Waals surface area contributed by atoms with Crippen molar-refractivity contribution in [2.24, 2.45) is 0 Å². The van der Waals surface area contributed by atoms with Crippen LogP contribution in [0.3, 0.4) is 0 Å². The molecule has 1 saturated heterocycles. The average Bonchev–Trinajstić information content (AvgIpc) is 3.05. The van der Waals surface area contributed by atoms with Crippen LogP contribution in [0.5, 0.6) is 0 Å². The van der Waals surface area contributed by atoms with E-state index in [1.807, 2.05) is 0 Å². The van der Waals surface area contributed by atoms with E-state index < -0.39 is 43.4 Å². The minimum atomic E-state index is -1.55. The molecule has 262 valence electrons. The van der Waals surface area contributed by atoms with E-state index in [0.717, 1.165) is 70.6 Å². The van der Waals surface area contributed by atoms with Crippen LogP contribution in [0.1, 0.15) is 90.9 Å². The summed E-state index contributed by atoms with van der Waals surface area (Å²) < 4.78 is 22.3. The Labute approximate surface area is 277 Å². The second-order valence-electron chi connectivity index (χ2n) is 11.2. The molecule has 0 saturated carbocycles. The normalized spacial score (nSPS) is 23.3. The molecule has 1 aliphatic heterocycles. The van der Waals surface area contributed by atoms with Crippen molar-refractivity contribution < 1.29 is 44.2 Å². The zero-order valence-corrected chi connectivity index (χ0v) is 28.0. The van der Waals surface area contributed by atoms with Crippen LogP contribution in [0.2, 0.25) is 0 Å². The second-order valence-corrected chi connectivity index (χ2v) is 11.2. The molecule has 46 heavy (non-hydrogen) atoms. The SMILES string of the molecule is CC/C=C\C/C=C\C/C=C\C/C=C\C/C=C\C/C=C\CCCOCC(COC1OC(CO)C(O)C(O)C1O)OC(=O)CCCCC. The molecule has 4 N–H and O–H groups in total. The number of hydrogen-bond acceptors (Lipinski definition) is 9. The summed E-state index contributed by atoms with van der Waals surface area (Å²) in [6.07, 6.45) is 28.8. The Morgan fingerprint density at radius 1 is 0.717 bits per heavy atom. The fraction of sp³-hybridized carbons (Fsp3) is 0.649. The first kappa shape index (κ1) is 41.7. The van der Waals surface area contributed by atoms with E-state index in [9.17, 15) is 25.2 Å². The molecule has 0 aliphatic carbocycles. The van der Waals surface area contributed by atoms with E-state index >= 15 is 0 Å². The standard InChI is InChI=1S/C37H60O9/c1-3-5-7-8-9-10-11-12-13-14-15-16-17-18-19-20-21-22-23-25-27-43-29-31(45-33(39)26-24-6-4-2)30-44-37-36(42)35(41)34(40)32(28-38)46-37/h5,7,9-10,12-13,15-16,18-19,21-22,31-32,34-38,40-42H,3-4,6,8,11,14,17,20,23-30H2,1-2H3/b7-5-,10-9-,13-12-,16-15-,19-18-,22-21-. The van der Waals surface area contributed by atoms with Crippen LogP contribution in [0.15, 0.2) is 72.9 Å². The highest BCUT2D eigenvalue weighted by Crippen LogP contribution is 2.22. The number of carbonyl (C=O) groups is 1. The van der Waals surface area contributed by atoms with E-state index in [1.54, 1.807) is 0 Å². The van der Waals surface area contributed by atoms with Crippen LogP contribution in [0.25, 0.3) is 0 Å². The van der Waals surface area contributed by atoms with Crippen molar-refractivity contribution in [3.8, 4) is 0 Å². The van der Waals surface area contributed by atoms with E-state index in [0.29, 0.717) is 6.61 Å². The minimum absolute atomic E-state index is 0.0979. The molecule has 1 rings (SSSR count). The first-order chi connectivity index (χ1) is 22.4. The van der Waals surface area contributed by atoms with Gasteiger partial charge in [0.1, 0.15) is 30.5 Å². The predicted molar refractivity (Wildman–Crippen MR) is 182 cm³/mol. The molecule has 0 bridgehead atoms. The lowest BCUT2D eigenvalue weighted by molar-refractivity contribution is -0.305. The summed E-state index contributed by atoms with van der Waals surface area (Å²) in [5, 5.41) is 39.6. The lowest BCUT2D eigenvalue weighted by Gasteiger charge is -2.39. The van der Waals surface area contributed by atoms with Gasteiger partial charge in [-0.15, -0.1) is 0 Å². The maximum absolute atomic E-state index is 12.3. The summed E-state index contributed by atoms with van der Waals surface area (Å²) in [5.41, 5.74) is 0. The number of carbonyl (C=O) groups excluding carboxylic acids is 1. The third kappa shape index (κ3) is 20.7. The van der Waals surface area contributed by atoms with Crippen LogP contribution in [0, 0.1) is 0 Å². The molecule has 1 heterocycles. The van der Waals surface area contributed by atoms with E-state index in [4.69, 9.17) is 18.9 Å². The van der Waals surface area contributed by atoms with Gasteiger partial charge in [0.05, 0.1) is 19.8 Å². The molecule has 1 aliphatic rings. The first-order valence-corrected chi connectivity index (χ1v) is 17.0. The summed E-state index contributed by atoms with van der Waals surface area (Å²) >= 11 is 0. The van der Waals surface area contributed by atoms with Gasteiger partial charge >= 0.3 is 5.97 Å². The fourth-order valence-corrected chi connectivity index (χ4v) is 4.45. The lowest BCUT2D eigenvalue weighted by atomic mass is 9.99. The Balaban J connectivity index is 2.28. The van der Waals surface area contributed by atoms with E-state index in [1.165, 1.54) is 0 Å². The van der Waals surface area contributed by atoms with Gasteiger partial charge in [-0.3, -0.25) is 4.79 Å². The van der Waals surface area contributed by atoms with Crippen LogP contribution in [-0.4, -0.2) is 89.6 Å².